The summed E-state index contributed by atoms with van der Waals surface area (Å²) in [6, 6.07) is 23.5. The van der Waals surface area contributed by atoms with Crippen LogP contribution in [-0.4, -0.2) is 175 Å². The lowest BCUT2D eigenvalue weighted by atomic mass is 10.1. The molecule has 2 atom stereocenters. The van der Waals surface area contributed by atoms with Crippen molar-refractivity contribution >= 4 is 83.2 Å². The van der Waals surface area contributed by atoms with Crippen LogP contribution in [0.25, 0.3) is 43.1 Å². The molecule has 0 radical (unpaired) electrons. The summed E-state index contributed by atoms with van der Waals surface area (Å²) in [5.41, 5.74) is 0.611. The predicted molar refractivity (Wildman–Crippen MR) is 329 cm³/mol. The molecule has 4 saturated heterocycles. The number of H-pyrrole nitrogens is 1. The van der Waals surface area contributed by atoms with E-state index in [2.05, 4.69) is 41.2 Å². The SMILES string of the molecule is C[C@H]1CNCCCN1S(=O)(=O)c1cccc2cncc(F)c12.Cc1cncc2cccc(S(=O)(=O)N3CCCNC[C@@H]3C)c12.O=S(=O)(c1cccc2cnccc12)N1CCCNCC1.O=c1[nH]ccc2c(S(=O)(=O)N3CCCNCC3)cccc12. The Hall–Kier alpha value is -6.27. The van der Waals surface area contributed by atoms with Crippen molar-refractivity contribution in [2.75, 3.05) is 91.6 Å². The zero-order valence-electron chi connectivity index (χ0n) is 47.8. The molecular weight excluding hydrogens is 1170 g/mol. The van der Waals surface area contributed by atoms with Crippen LogP contribution < -0.4 is 26.8 Å². The fourth-order valence-corrected chi connectivity index (χ4v) is 18.3. The van der Waals surface area contributed by atoms with Crippen LogP contribution in [0.3, 0.4) is 0 Å². The van der Waals surface area contributed by atoms with Crippen molar-refractivity contribution in [2.45, 2.75) is 78.1 Å². The number of benzene rings is 4. The molecule has 4 aromatic carbocycles. The molecule has 8 aromatic rings. The zero-order chi connectivity index (χ0) is 60.4. The van der Waals surface area contributed by atoms with Gasteiger partial charge >= 0.3 is 0 Å². The van der Waals surface area contributed by atoms with Crippen LogP contribution in [0.2, 0.25) is 0 Å². The van der Waals surface area contributed by atoms with Gasteiger partial charge in [-0.25, -0.2) is 38.1 Å². The van der Waals surface area contributed by atoms with Gasteiger partial charge in [-0.3, -0.25) is 19.7 Å². The van der Waals surface area contributed by atoms with Gasteiger partial charge in [0.05, 0.1) is 25.8 Å². The predicted octanol–water partition coefficient (Wildman–Crippen LogP) is 5.39. The molecule has 8 heterocycles. The minimum absolute atomic E-state index is 0.0126. The summed E-state index contributed by atoms with van der Waals surface area (Å²) >= 11 is 0. The fourth-order valence-electron chi connectivity index (χ4n) is 11.0. The molecule has 4 aliphatic heterocycles. The van der Waals surface area contributed by atoms with Gasteiger partial charge < -0.3 is 26.3 Å². The number of hydrogen-bond donors (Lipinski definition) is 5. The molecule has 5 N–H and O–H groups in total. The van der Waals surface area contributed by atoms with E-state index in [1.807, 2.05) is 32.9 Å². The average Bonchev–Trinajstić information content (AvgIpc) is 2.23. The highest BCUT2D eigenvalue weighted by Gasteiger charge is 2.34. The number of sulfonamides is 4. The van der Waals surface area contributed by atoms with Crippen LogP contribution >= 0.6 is 0 Å². The van der Waals surface area contributed by atoms with Gasteiger partial charge in [-0.2, -0.15) is 17.2 Å². The smallest absolute Gasteiger partial charge is 0.255 e. The molecule has 21 nitrogen and oxygen atoms in total. The minimum Gasteiger partial charge on any atom is -0.329 e. The average molecular weight is 1240 g/mol. The van der Waals surface area contributed by atoms with Crippen LogP contribution in [0.1, 0.15) is 45.1 Å². The molecule has 0 spiro atoms. The number of fused-ring (bicyclic) bond motifs is 4. The fraction of sp³-hybridized carbons (Fsp3) is 0.390. The van der Waals surface area contributed by atoms with E-state index >= 15 is 0 Å². The van der Waals surface area contributed by atoms with E-state index in [1.165, 1.54) is 27.1 Å². The van der Waals surface area contributed by atoms with Crippen molar-refractivity contribution in [2.24, 2.45) is 0 Å². The number of pyridine rings is 4. The van der Waals surface area contributed by atoms with Crippen molar-refractivity contribution < 1.29 is 38.1 Å². The van der Waals surface area contributed by atoms with E-state index in [4.69, 9.17) is 0 Å². The number of hydrogen-bond acceptors (Lipinski definition) is 16. The van der Waals surface area contributed by atoms with Gasteiger partial charge in [0.25, 0.3) is 5.56 Å². The third kappa shape index (κ3) is 14.3. The third-order valence-electron chi connectivity index (χ3n) is 15.4. The number of aromatic amines is 1. The highest BCUT2D eigenvalue weighted by atomic mass is 32.2. The van der Waals surface area contributed by atoms with Gasteiger partial charge in [0.2, 0.25) is 40.1 Å². The first-order valence-electron chi connectivity index (χ1n) is 28.5. The summed E-state index contributed by atoms with van der Waals surface area (Å²) < 4.78 is 124. The minimum atomic E-state index is -3.76. The Morgan fingerprint density at radius 2 is 0.929 bits per heavy atom. The molecule has 0 amide bonds. The Morgan fingerprint density at radius 1 is 0.459 bits per heavy atom. The zero-order valence-corrected chi connectivity index (χ0v) is 51.1. The van der Waals surface area contributed by atoms with Crippen LogP contribution in [0, 0.1) is 12.7 Å². The number of aryl methyl sites for hydroxylation is 1. The Morgan fingerprint density at radius 3 is 1.52 bits per heavy atom. The molecule has 454 valence electrons. The summed E-state index contributed by atoms with van der Waals surface area (Å²) in [6.07, 6.45) is 13.9. The summed E-state index contributed by atoms with van der Waals surface area (Å²) in [5.74, 6) is -0.614. The molecular formula is C59H73FN12O9S4. The Balaban J connectivity index is 0.000000136. The molecule has 4 aromatic heterocycles. The van der Waals surface area contributed by atoms with E-state index in [9.17, 15) is 42.9 Å². The molecule has 4 aliphatic rings. The van der Waals surface area contributed by atoms with Crippen LogP contribution in [0.4, 0.5) is 4.39 Å². The Labute approximate surface area is 496 Å². The number of nitrogens with one attached hydrogen (secondary N) is 5. The lowest BCUT2D eigenvalue weighted by molar-refractivity contribution is 0.353. The van der Waals surface area contributed by atoms with E-state index in [0.29, 0.717) is 91.4 Å². The second-order valence-corrected chi connectivity index (χ2v) is 28.8. The Kier molecular flexibility index (Phi) is 20.9. The molecule has 12 rings (SSSR count). The van der Waals surface area contributed by atoms with Crippen LogP contribution in [0.5, 0.6) is 0 Å². The summed E-state index contributed by atoms with van der Waals surface area (Å²) in [5, 5.41) is 17.6. The largest absolute Gasteiger partial charge is 0.329 e. The second kappa shape index (κ2) is 28.1. The van der Waals surface area contributed by atoms with Crippen LogP contribution in [-0.2, 0) is 40.1 Å². The van der Waals surface area contributed by atoms with E-state index < -0.39 is 45.9 Å². The molecule has 26 heteroatoms. The number of nitrogens with zero attached hydrogens (tertiary/aromatic N) is 7. The molecule has 0 bridgehead atoms. The van der Waals surface area contributed by atoms with Crippen molar-refractivity contribution in [1.29, 1.82) is 0 Å². The molecule has 85 heavy (non-hydrogen) atoms. The maximum atomic E-state index is 14.2. The third-order valence-corrected chi connectivity index (χ3v) is 23.4. The van der Waals surface area contributed by atoms with E-state index in [1.54, 1.807) is 100 Å². The number of rotatable bonds is 8. The van der Waals surface area contributed by atoms with E-state index in [-0.39, 0.29) is 32.8 Å². The molecule has 0 saturated carbocycles. The van der Waals surface area contributed by atoms with Crippen LogP contribution in [0.15, 0.2) is 153 Å². The van der Waals surface area contributed by atoms with Gasteiger partial charge in [-0.1, -0.05) is 42.5 Å². The molecule has 0 unspecified atom stereocenters. The highest BCUT2D eigenvalue weighted by molar-refractivity contribution is 7.90. The van der Waals surface area contributed by atoms with Crippen molar-refractivity contribution in [1.82, 2.24) is 58.4 Å². The lowest BCUT2D eigenvalue weighted by Crippen LogP contribution is -2.41. The lowest BCUT2D eigenvalue weighted by Gasteiger charge is -2.26. The van der Waals surface area contributed by atoms with Gasteiger partial charge in [0.1, 0.15) is 0 Å². The maximum Gasteiger partial charge on any atom is 0.255 e. The highest BCUT2D eigenvalue weighted by Crippen LogP contribution is 2.32. The topological polar surface area (TPSA) is 269 Å². The Bertz CT molecular complexity index is 4020. The molecule has 0 aliphatic carbocycles. The first kappa shape index (κ1) is 63.2. The van der Waals surface area contributed by atoms with Crippen molar-refractivity contribution in [3.8, 4) is 0 Å². The number of halogens is 1. The first-order chi connectivity index (χ1) is 40.8. The maximum absolute atomic E-state index is 14.2. The first-order valence-corrected chi connectivity index (χ1v) is 34.2. The second-order valence-electron chi connectivity index (χ2n) is 21.2. The van der Waals surface area contributed by atoms with Crippen molar-refractivity contribution in [3.05, 3.63) is 150 Å². The van der Waals surface area contributed by atoms with Gasteiger partial charge in [0.15, 0.2) is 5.82 Å². The quantitative estimate of drug-likeness (QED) is 0.128. The number of aromatic nitrogens is 4. The van der Waals surface area contributed by atoms with Crippen molar-refractivity contribution in [3.63, 3.8) is 0 Å². The normalized spacial score (nSPS) is 19.4. The monoisotopic (exact) mass is 1240 g/mol. The summed E-state index contributed by atoms with van der Waals surface area (Å²) in [6.45, 7) is 14.7. The molecule has 4 fully saturated rings. The summed E-state index contributed by atoms with van der Waals surface area (Å²) in [7, 11) is -14.3. The summed E-state index contributed by atoms with van der Waals surface area (Å²) in [4.78, 5) is 27.3. The standard InChI is InChI=1S/C16H21N3O2S.C15H18FN3O2S.C14H17N3O3S.C14H17N3O2S/c1-12-9-18-11-14-5-3-6-15(16(12)14)22(20,21)19-8-4-7-17-10-13(19)2;1-11-8-17-6-3-7-19(11)22(20,21)14-5-2-4-12-9-18-10-13(16)15(12)14;18-14-12-3-1-4-13(11(12)5-7-16-14)21(19,20)17-9-2-6-15-8-10-17;18-20(19,17-9-2-6-15-8-10-17)14-4-1-3-12-11-16-7-5-13(12)14/h3,5-6,9,11,13,17H,4,7-8,10H2,1-2H3;2,4-5,9-11,17H,3,6-8H2,1H3;1,3-5,7,15H,2,6,8-10H2,(H,16,18);1,3-5,7,11,15H,2,6,8-10H2/t13-;11-;;/m00../s1. The van der Waals surface area contributed by atoms with Gasteiger partial charge in [-0.05, 0) is 121 Å². The van der Waals surface area contributed by atoms with Gasteiger partial charge in [-0.15, -0.1) is 0 Å². The van der Waals surface area contributed by atoms with Gasteiger partial charge in [0, 0.05) is 158 Å². The van der Waals surface area contributed by atoms with E-state index in [0.717, 1.165) is 85.2 Å².